The molecule has 1 unspecified atom stereocenters. The lowest BCUT2D eigenvalue weighted by molar-refractivity contribution is 0.0725. The number of amides is 1. The number of ether oxygens (including phenoxy) is 1. The lowest BCUT2D eigenvalue weighted by atomic mass is 9.97. The molecule has 3 rings (SSSR count). The van der Waals surface area contributed by atoms with E-state index in [1.165, 1.54) is 29.7 Å². The van der Waals surface area contributed by atoms with Crippen LogP contribution in [0.3, 0.4) is 0 Å². The number of hydrogen-bond donors (Lipinski definition) is 0. The fraction of sp³-hybridized carbons (Fsp3) is 0.500. The van der Waals surface area contributed by atoms with Crippen molar-refractivity contribution in [2.24, 2.45) is 5.92 Å². The predicted molar refractivity (Wildman–Crippen MR) is 105 cm³/mol. The zero-order valence-corrected chi connectivity index (χ0v) is 16.4. The minimum absolute atomic E-state index is 0.0254. The highest BCUT2D eigenvalue weighted by atomic mass is 32.1. The molecule has 1 aromatic carbocycles. The molecule has 6 heteroatoms. The van der Waals surface area contributed by atoms with E-state index in [0.717, 1.165) is 38.3 Å². The van der Waals surface area contributed by atoms with Gasteiger partial charge in [0.25, 0.3) is 5.91 Å². The Morgan fingerprint density at radius 1 is 1.42 bits per heavy atom. The van der Waals surface area contributed by atoms with Gasteiger partial charge in [-0.15, -0.1) is 11.3 Å². The zero-order valence-electron chi connectivity index (χ0n) is 15.6. The van der Waals surface area contributed by atoms with E-state index in [9.17, 15) is 4.79 Å². The normalized spacial score (nSPS) is 17.8. The summed E-state index contributed by atoms with van der Waals surface area (Å²) in [7, 11) is 3.61. The third-order valence-corrected chi connectivity index (χ3v) is 5.61. The van der Waals surface area contributed by atoms with Gasteiger partial charge in [-0.1, -0.05) is 18.2 Å². The van der Waals surface area contributed by atoms with Gasteiger partial charge in [-0.3, -0.25) is 4.79 Å². The number of likely N-dealkylation sites (tertiary alicyclic amines) is 1. The van der Waals surface area contributed by atoms with Crippen LogP contribution in [0.2, 0.25) is 0 Å². The SMILES string of the molecule is COc1ccccc1CCN1CCCC(CN(C)C(=O)c2cscn2)C1. The summed E-state index contributed by atoms with van der Waals surface area (Å²) in [6.07, 6.45) is 3.36. The number of para-hydroxylation sites is 1. The Morgan fingerprint density at radius 2 is 2.27 bits per heavy atom. The molecular weight excluding hydrogens is 346 g/mol. The summed E-state index contributed by atoms with van der Waals surface area (Å²) in [6.45, 7) is 4.00. The van der Waals surface area contributed by atoms with Crippen LogP contribution in [0.25, 0.3) is 0 Å². The van der Waals surface area contributed by atoms with Crippen molar-refractivity contribution in [2.75, 3.05) is 40.3 Å². The molecule has 0 aliphatic carbocycles. The molecule has 0 bridgehead atoms. The smallest absolute Gasteiger partial charge is 0.273 e. The van der Waals surface area contributed by atoms with Crippen LogP contribution in [0, 0.1) is 5.92 Å². The Hall–Kier alpha value is -1.92. The molecule has 2 aromatic rings. The van der Waals surface area contributed by atoms with Crippen LogP contribution in [0.5, 0.6) is 5.75 Å². The van der Waals surface area contributed by atoms with Crippen molar-refractivity contribution in [3.63, 3.8) is 0 Å². The van der Waals surface area contributed by atoms with Crippen molar-refractivity contribution in [1.29, 1.82) is 0 Å². The molecule has 1 atom stereocenters. The van der Waals surface area contributed by atoms with Crippen molar-refractivity contribution < 1.29 is 9.53 Å². The van der Waals surface area contributed by atoms with Gasteiger partial charge >= 0.3 is 0 Å². The fourth-order valence-electron chi connectivity index (χ4n) is 3.68. The first kappa shape index (κ1) is 18.9. The highest BCUT2D eigenvalue weighted by Crippen LogP contribution is 2.21. The molecule has 5 nitrogen and oxygen atoms in total. The summed E-state index contributed by atoms with van der Waals surface area (Å²) in [4.78, 5) is 20.9. The quantitative estimate of drug-likeness (QED) is 0.748. The second-order valence-electron chi connectivity index (χ2n) is 6.93. The number of methoxy groups -OCH3 is 1. The summed E-state index contributed by atoms with van der Waals surface area (Å²) >= 11 is 1.46. The second-order valence-corrected chi connectivity index (χ2v) is 7.65. The Kier molecular flexibility index (Phi) is 6.63. The standard InChI is InChI=1S/C20H27N3O2S/c1-22(20(24)18-14-26-15-21-18)12-16-6-5-10-23(13-16)11-9-17-7-3-4-8-19(17)25-2/h3-4,7-8,14-16H,5-6,9-13H2,1-2H3. The van der Waals surface area contributed by atoms with E-state index < -0.39 is 0 Å². The van der Waals surface area contributed by atoms with Crippen molar-refractivity contribution in [3.8, 4) is 5.75 Å². The average Bonchev–Trinajstić information content (AvgIpc) is 3.21. The molecule has 0 N–H and O–H groups in total. The highest BCUT2D eigenvalue weighted by molar-refractivity contribution is 7.07. The van der Waals surface area contributed by atoms with Crippen molar-refractivity contribution in [3.05, 3.63) is 46.4 Å². The number of piperidine rings is 1. The number of aromatic nitrogens is 1. The predicted octanol–water partition coefficient (Wildman–Crippen LogP) is 3.18. The van der Waals surface area contributed by atoms with Crippen molar-refractivity contribution in [2.45, 2.75) is 19.3 Å². The summed E-state index contributed by atoms with van der Waals surface area (Å²) in [5, 5.41) is 1.82. The van der Waals surface area contributed by atoms with Crippen LogP contribution < -0.4 is 4.74 Å². The van der Waals surface area contributed by atoms with Crippen LogP contribution in [0.1, 0.15) is 28.9 Å². The summed E-state index contributed by atoms with van der Waals surface area (Å²) in [5.74, 6) is 1.51. The number of thiazole rings is 1. The zero-order chi connectivity index (χ0) is 18.4. The van der Waals surface area contributed by atoms with Crippen molar-refractivity contribution in [1.82, 2.24) is 14.8 Å². The van der Waals surface area contributed by atoms with Gasteiger partial charge in [0, 0.05) is 32.1 Å². The Labute approximate surface area is 159 Å². The first-order valence-electron chi connectivity index (χ1n) is 9.15. The minimum Gasteiger partial charge on any atom is -0.496 e. The lowest BCUT2D eigenvalue weighted by Crippen LogP contribution is -2.42. The molecule has 0 saturated carbocycles. The molecule has 1 aliphatic heterocycles. The van der Waals surface area contributed by atoms with E-state index in [1.54, 1.807) is 12.6 Å². The van der Waals surface area contributed by atoms with E-state index in [0.29, 0.717) is 11.6 Å². The van der Waals surface area contributed by atoms with Crippen LogP contribution in [0.4, 0.5) is 0 Å². The van der Waals surface area contributed by atoms with E-state index in [-0.39, 0.29) is 5.91 Å². The molecule has 1 amide bonds. The maximum Gasteiger partial charge on any atom is 0.273 e. The first-order chi connectivity index (χ1) is 12.7. The molecule has 26 heavy (non-hydrogen) atoms. The molecule has 1 aromatic heterocycles. The first-order valence-corrected chi connectivity index (χ1v) is 10.1. The van der Waals surface area contributed by atoms with Gasteiger partial charge < -0.3 is 14.5 Å². The Bertz CT molecular complexity index is 705. The lowest BCUT2D eigenvalue weighted by Gasteiger charge is -2.34. The van der Waals surface area contributed by atoms with Gasteiger partial charge in [-0.25, -0.2) is 4.98 Å². The van der Waals surface area contributed by atoms with E-state index >= 15 is 0 Å². The topological polar surface area (TPSA) is 45.7 Å². The van der Waals surface area contributed by atoms with Gasteiger partial charge in [-0.05, 0) is 43.4 Å². The second kappa shape index (κ2) is 9.14. The van der Waals surface area contributed by atoms with Crippen LogP contribution >= 0.6 is 11.3 Å². The molecule has 1 fully saturated rings. The van der Waals surface area contributed by atoms with E-state index in [2.05, 4.69) is 22.0 Å². The third kappa shape index (κ3) is 4.83. The number of carbonyl (C=O) groups excluding carboxylic acids is 1. The summed E-state index contributed by atoms with van der Waals surface area (Å²) in [6, 6.07) is 8.23. The average molecular weight is 374 g/mol. The van der Waals surface area contributed by atoms with Crippen LogP contribution in [-0.4, -0.2) is 61.0 Å². The molecule has 1 saturated heterocycles. The van der Waals surface area contributed by atoms with Gasteiger partial charge in [-0.2, -0.15) is 0 Å². The molecule has 2 heterocycles. The number of nitrogens with zero attached hydrogens (tertiary/aromatic N) is 3. The van der Waals surface area contributed by atoms with Crippen molar-refractivity contribution >= 4 is 17.2 Å². The molecular formula is C20H27N3O2S. The molecule has 140 valence electrons. The van der Waals surface area contributed by atoms with E-state index in [1.807, 2.05) is 29.5 Å². The Balaban J connectivity index is 1.50. The van der Waals surface area contributed by atoms with Crippen LogP contribution in [-0.2, 0) is 6.42 Å². The van der Waals surface area contributed by atoms with Gasteiger partial charge in [0.1, 0.15) is 11.4 Å². The molecule has 0 spiro atoms. The number of benzene rings is 1. The monoisotopic (exact) mass is 373 g/mol. The number of carbonyl (C=O) groups is 1. The summed E-state index contributed by atoms with van der Waals surface area (Å²) < 4.78 is 5.45. The molecule has 0 radical (unpaired) electrons. The fourth-order valence-corrected chi connectivity index (χ4v) is 4.20. The van der Waals surface area contributed by atoms with Crippen LogP contribution in [0.15, 0.2) is 35.2 Å². The van der Waals surface area contributed by atoms with Gasteiger partial charge in [0.15, 0.2) is 0 Å². The summed E-state index contributed by atoms with van der Waals surface area (Å²) in [5.41, 5.74) is 3.52. The van der Waals surface area contributed by atoms with Gasteiger partial charge in [0.05, 0.1) is 12.6 Å². The number of rotatable bonds is 7. The number of hydrogen-bond acceptors (Lipinski definition) is 5. The maximum absolute atomic E-state index is 12.4. The Morgan fingerprint density at radius 3 is 3.04 bits per heavy atom. The molecule has 1 aliphatic rings. The van der Waals surface area contributed by atoms with E-state index in [4.69, 9.17) is 4.74 Å². The minimum atomic E-state index is 0.0254. The highest BCUT2D eigenvalue weighted by Gasteiger charge is 2.23. The third-order valence-electron chi connectivity index (χ3n) is 5.02. The largest absolute Gasteiger partial charge is 0.496 e. The maximum atomic E-state index is 12.4. The van der Waals surface area contributed by atoms with Gasteiger partial charge in [0.2, 0.25) is 0 Å².